The minimum Gasteiger partial charge on any atom is -0.398 e. The molecular formula is C28H33N5O3S. The lowest BCUT2D eigenvalue weighted by atomic mass is 10.1. The molecule has 1 aromatic heterocycles. The van der Waals surface area contributed by atoms with Gasteiger partial charge in [-0.3, -0.25) is 14.6 Å². The van der Waals surface area contributed by atoms with Crippen LogP contribution in [-0.2, 0) is 9.59 Å². The Labute approximate surface area is 221 Å². The first-order valence-corrected chi connectivity index (χ1v) is 12.7. The van der Waals surface area contributed by atoms with Crippen LogP contribution in [0.3, 0.4) is 0 Å². The van der Waals surface area contributed by atoms with Crippen LogP contribution in [0.15, 0.2) is 82.7 Å². The van der Waals surface area contributed by atoms with Crippen LogP contribution in [0.4, 0.5) is 11.4 Å². The Morgan fingerprint density at radius 2 is 1.78 bits per heavy atom. The zero-order chi connectivity index (χ0) is 26.9. The fraction of sp³-hybridized carbons (Fsp3) is 0.214. The van der Waals surface area contributed by atoms with Gasteiger partial charge < -0.3 is 27.3 Å². The van der Waals surface area contributed by atoms with Crippen LogP contribution < -0.4 is 16.8 Å². The molecule has 0 aliphatic heterocycles. The van der Waals surface area contributed by atoms with Gasteiger partial charge in [-0.15, -0.1) is 0 Å². The van der Waals surface area contributed by atoms with Crippen molar-refractivity contribution in [3.63, 3.8) is 0 Å². The van der Waals surface area contributed by atoms with Crippen molar-refractivity contribution in [2.75, 3.05) is 17.7 Å². The van der Waals surface area contributed by atoms with E-state index in [0.29, 0.717) is 23.4 Å². The number of unbranched alkanes of at least 4 members (excludes halogenated alkanes) is 3. The topological polar surface area (TPSA) is 155 Å². The fourth-order valence-electron chi connectivity index (χ4n) is 3.33. The number of anilines is 2. The number of allylic oxidation sites excluding steroid dienone is 1. The van der Waals surface area contributed by atoms with E-state index in [-0.39, 0.29) is 18.9 Å². The Kier molecular flexibility index (Phi) is 13.2. The highest BCUT2D eigenvalue weighted by atomic mass is 32.2. The normalized spacial score (nSPS) is 10.4. The first-order valence-electron chi connectivity index (χ1n) is 11.9. The molecule has 0 spiro atoms. The van der Waals surface area contributed by atoms with Gasteiger partial charge in [-0.05, 0) is 67.5 Å². The highest BCUT2D eigenvalue weighted by molar-refractivity contribution is 7.99. The molecule has 0 radical (unpaired) electrons. The lowest BCUT2D eigenvalue weighted by Crippen LogP contribution is -2.11. The summed E-state index contributed by atoms with van der Waals surface area (Å²) in [5.74, 6) is -0.0138. The van der Waals surface area contributed by atoms with Gasteiger partial charge in [0.05, 0.1) is 17.1 Å². The van der Waals surface area contributed by atoms with Gasteiger partial charge in [-0.1, -0.05) is 42.8 Å². The molecule has 3 aromatic rings. The van der Waals surface area contributed by atoms with E-state index in [1.807, 2.05) is 60.7 Å². The summed E-state index contributed by atoms with van der Waals surface area (Å²) in [4.78, 5) is 27.0. The molecule has 0 saturated carbocycles. The third-order valence-corrected chi connectivity index (χ3v) is 6.19. The second-order valence-corrected chi connectivity index (χ2v) is 9.04. The molecule has 37 heavy (non-hydrogen) atoms. The van der Waals surface area contributed by atoms with Crippen molar-refractivity contribution < 1.29 is 14.7 Å². The number of pyridine rings is 1. The molecule has 0 unspecified atom stereocenters. The van der Waals surface area contributed by atoms with Crippen molar-refractivity contribution >= 4 is 47.2 Å². The second-order valence-electron chi connectivity index (χ2n) is 7.92. The van der Waals surface area contributed by atoms with E-state index in [4.69, 9.17) is 21.0 Å². The zero-order valence-electron chi connectivity index (χ0n) is 20.6. The SMILES string of the molecule is N=C(/C=C/c1ccccn1)c1ccc(Sc2ccccc2NC(=O)CCCCCCO)cc1N.NC=O. The molecule has 9 heteroatoms. The summed E-state index contributed by atoms with van der Waals surface area (Å²) in [5, 5.41) is 20.2. The maximum Gasteiger partial charge on any atom is 0.224 e. The number of para-hydroxylation sites is 1. The quantitative estimate of drug-likeness (QED) is 0.0994. The number of aromatic nitrogens is 1. The number of nitrogens with one attached hydrogen (secondary N) is 2. The summed E-state index contributed by atoms with van der Waals surface area (Å²) in [6, 6.07) is 18.9. The van der Waals surface area contributed by atoms with E-state index in [2.05, 4.69) is 16.0 Å². The molecule has 1 heterocycles. The number of rotatable bonds is 12. The van der Waals surface area contributed by atoms with Crippen LogP contribution in [0.2, 0.25) is 0 Å². The number of nitrogens with two attached hydrogens (primary N) is 2. The number of aliphatic hydroxyl groups excluding tert-OH is 1. The Morgan fingerprint density at radius 1 is 1.05 bits per heavy atom. The Bertz CT molecular complexity index is 1190. The predicted molar refractivity (Wildman–Crippen MR) is 151 cm³/mol. The lowest BCUT2D eigenvalue weighted by Gasteiger charge is -2.12. The highest BCUT2D eigenvalue weighted by Gasteiger charge is 2.10. The minimum atomic E-state index is -0.0138. The van der Waals surface area contributed by atoms with Crippen LogP contribution in [0, 0.1) is 5.41 Å². The van der Waals surface area contributed by atoms with Crippen molar-refractivity contribution in [2.24, 2.45) is 5.73 Å². The average molecular weight is 520 g/mol. The average Bonchev–Trinajstić information content (AvgIpc) is 2.89. The summed E-state index contributed by atoms with van der Waals surface area (Å²) in [7, 11) is 0. The maximum absolute atomic E-state index is 12.4. The molecule has 0 aliphatic carbocycles. The standard InChI is InChI=1S/C27H30N4O2S.CH3NO/c28-23(16-13-20-9-6-7-17-30-20)22-15-14-21(19-24(22)29)34-26-11-5-4-10-25(26)31-27(33)12-3-1-2-8-18-32;2-1-3/h4-7,9-11,13-17,19,28,32H,1-3,8,12,18,29H2,(H,31,33);1H,(H2,2,3)/b16-13+,28-23?;. The molecule has 0 aliphatic rings. The van der Waals surface area contributed by atoms with Crippen LogP contribution >= 0.6 is 11.8 Å². The largest absolute Gasteiger partial charge is 0.398 e. The van der Waals surface area contributed by atoms with Crippen LogP contribution in [-0.4, -0.2) is 34.7 Å². The molecule has 0 atom stereocenters. The van der Waals surface area contributed by atoms with Crippen molar-refractivity contribution in [3.05, 3.63) is 84.2 Å². The van der Waals surface area contributed by atoms with E-state index >= 15 is 0 Å². The molecule has 3 rings (SSSR count). The van der Waals surface area contributed by atoms with Gasteiger partial charge in [-0.2, -0.15) is 0 Å². The Balaban J connectivity index is 0.00000153. The fourth-order valence-corrected chi connectivity index (χ4v) is 4.28. The number of carbonyl (C=O) groups excluding carboxylic acids is 2. The first-order chi connectivity index (χ1) is 18.0. The summed E-state index contributed by atoms with van der Waals surface area (Å²) in [6.07, 6.45) is 9.35. The van der Waals surface area contributed by atoms with Crippen molar-refractivity contribution in [1.82, 2.24) is 4.98 Å². The number of aliphatic hydroxyl groups is 1. The van der Waals surface area contributed by atoms with Gasteiger partial charge in [0, 0.05) is 40.3 Å². The molecule has 0 saturated heterocycles. The maximum atomic E-state index is 12.4. The van der Waals surface area contributed by atoms with Crippen LogP contribution in [0.25, 0.3) is 6.08 Å². The summed E-state index contributed by atoms with van der Waals surface area (Å²) >= 11 is 1.51. The predicted octanol–water partition coefficient (Wildman–Crippen LogP) is 4.88. The number of hydrogen-bond acceptors (Lipinski definition) is 7. The van der Waals surface area contributed by atoms with E-state index in [9.17, 15) is 4.79 Å². The number of hydrogen-bond donors (Lipinski definition) is 5. The van der Waals surface area contributed by atoms with E-state index in [1.54, 1.807) is 18.3 Å². The summed E-state index contributed by atoms with van der Waals surface area (Å²) < 4.78 is 0. The number of nitrogen functional groups attached to an aromatic ring is 1. The van der Waals surface area contributed by atoms with E-state index in [1.165, 1.54) is 11.8 Å². The van der Waals surface area contributed by atoms with Gasteiger partial charge in [0.2, 0.25) is 12.3 Å². The van der Waals surface area contributed by atoms with E-state index in [0.717, 1.165) is 46.9 Å². The molecule has 8 nitrogen and oxygen atoms in total. The minimum absolute atomic E-state index is 0.0138. The number of primary amides is 1. The third kappa shape index (κ3) is 10.7. The lowest BCUT2D eigenvalue weighted by molar-refractivity contribution is -0.116. The monoisotopic (exact) mass is 519 g/mol. The highest BCUT2D eigenvalue weighted by Crippen LogP contribution is 2.35. The van der Waals surface area contributed by atoms with Crippen molar-refractivity contribution in [3.8, 4) is 0 Å². The number of nitrogens with zero attached hydrogens (tertiary/aromatic N) is 1. The van der Waals surface area contributed by atoms with Gasteiger partial charge in [0.1, 0.15) is 0 Å². The van der Waals surface area contributed by atoms with Crippen molar-refractivity contribution in [2.45, 2.75) is 41.9 Å². The molecule has 0 bridgehead atoms. The van der Waals surface area contributed by atoms with Gasteiger partial charge in [-0.25, -0.2) is 0 Å². The molecule has 2 amide bonds. The number of carbonyl (C=O) groups is 2. The molecular weight excluding hydrogens is 486 g/mol. The number of benzene rings is 2. The molecule has 0 fully saturated rings. The first kappa shape index (κ1) is 29.3. The van der Waals surface area contributed by atoms with E-state index < -0.39 is 0 Å². The molecule has 7 N–H and O–H groups in total. The molecule has 2 aromatic carbocycles. The summed E-state index contributed by atoms with van der Waals surface area (Å²) in [5.41, 5.74) is 13.5. The second kappa shape index (κ2) is 16.7. The van der Waals surface area contributed by atoms with Gasteiger partial charge in [0.15, 0.2) is 0 Å². The zero-order valence-corrected chi connectivity index (χ0v) is 21.4. The molecule has 194 valence electrons. The van der Waals surface area contributed by atoms with Crippen LogP contribution in [0.1, 0.15) is 43.4 Å². The van der Waals surface area contributed by atoms with Crippen LogP contribution in [0.5, 0.6) is 0 Å². The van der Waals surface area contributed by atoms with Crippen molar-refractivity contribution in [1.29, 1.82) is 5.41 Å². The Morgan fingerprint density at radius 3 is 2.49 bits per heavy atom. The van der Waals surface area contributed by atoms with Gasteiger partial charge in [0.25, 0.3) is 0 Å². The Hall–Kier alpha value is -3.95. The van der Waals surface area contributed by atoms with Gasteiger partial charge >= 0.3 is 0 Å². The third-order valence-electron chi connectivity index (χ3n) is 5.12. The smallest absolute Gasteiger partial charge is 0.224 e. The summed E-state index contributed by atoms with van der Waals surface area (Å²) in [6.45, 7) is 0.200. The number of amides is 2.